The van der Waals surface area contributed by atoms with Crippen molar-refractivity contribution in [2.45, 2.75) is 47.6 Å². The molecule has 0 radical (unpaired) electrons. The number of hydrogen-bond acceptors (Lipinski definition) is 4. The van der Waals surface area contributed by atoms with E-state index in [1.807, 2.05) is 10.1 Å². The van der Waals surface area contributed by atoms with Gasteiger partial charge in [0.25, 0.3) is 0 Å². The molecule has 1 aromatic carbocycles. The maximum atomic E-state index is 12.2. The van der Waals surface area contributed by atoms with Crippen LogP contribution in [0.25, 0.3) is 11.3 Å². The molecule has 1 atom stereocenters. The summed E-state index contributed by atoms with van der Waals surface area (Å²) in [6.45, 7) is 1.49. The minimum Gasteiger partial charge on any atom is -0.241 e. The zero-order valence-electron chi connectivity index (χ0n) is 14.6. The lowest BCUT2D eigenvalue weighted by Crippen LogP contribution is -2.28. The van der Waals surface area contributed by atoms with E-state index in [9.17, 15) is 21.6 Å². The minimum atomic E-state index is -4.40. The van der Waals surface area contributed by atoms with E-state index in [4.69, 9.17) is 0 Å². The van der Waals surface area contributed by atoms with Crippen molar-refractivity contribution in [2.24, 2.45) is 0 Å². The molecule has 1 unspecified atom stereocenters. The molecule has 0 spiro atoms. The lowest BCUT2D eigenvalue weighted by atomic mass is 10.2. The van der Waals surface area contributed by atoms with Crippen molar-refractivity contribution in [1.29, 1.82) is 0 Å². The van der Waals surface area contributed by atoms with Gasteiger partial charge in [0.2, 0.25) is 10.0 Å². The molecule has 0 aliphatic rings. The molecule has 0 bridgehead atoms. The van der Waals surface area contributed by atoms with Crippen LogP contribution in [0.4, 0.5) is 13.2 Å². The molecule has 1 N–H and O–H groups in total. The number of nitrogens with zero attached hydrogens (tertiary/aromatic N) is 1. The van der Waals surface area contributed by atoms with Gasteiger partial charge in [-0.2, -0.15) is 13.2 Å². The van der Waals surface area contributed by atoms with Gasteiger partial charge < -0.3 is 0 Å². The van der Waals surface area contributed by atoms with Gasteiger partial charge >= 0.3 is 6.18 Å². The summed E-state index contributed by atoms with van der Waals surface area (Å²) in [5, 5.41) is 2.96. The van der Waals surface area contributed by atoms with Crippen LogP contribution >= 0.6 is 33.9 Å². The fourth-order valence-electron chi connectivity index (χ4n) is 2.31. The summed E-state index contributed by atoms with van der Waals surface area (Å²) in [4.78, 5) is 4.50. The largest absolute Gasteiger partial charge is 0.390 e. The van der Waals surface area contributed by atoms with E-state index in [-0.39, 0.29) is 4.90 Å². The zero-order chi connectivity index (χ0) is 20.1. The molecule has 0 saturated carbocycles. The van der Waals surface area contributed by atoms with Crippen LogP contribution in [0.15, 0.2) is 34.5 Å². The Hall–Kier alpha value is -0.720. The monoisotopic (exact) mass is 532 g/mol. The Balaban J connectivity index is 1.99. The highest BCUT2D eigenvalue weighted by molar-refractivity contribution is 14.1. The van der Waals surface area contributed by atoms with Crippen LogP contribution in [0.3, 0.4) is 0 Å². The van der Waals surface area contributed by atoms with Crippen LogP contribution in [0, 0.1) is 0 Å². The number of alkyl halides is 4. The number of sulfonamides is 1. The number of benzene rings is 1. The van der Waals surface area contributed by atoms with Crippen LogP contribution in [0.1, 0.15) is 31.2 Å². The second-order valence-corrected chi connectivity index (χ2v) is 10.9. The second-order valence-electron chi connectivity index (χ2n) is 6.09. The second kappa shape index (κ2) is 9.66. The van der Waals surface area contributed by atoms with E-state index in [1.165, 1.54) is 12.1 Å². The van der Waals surface area contributed by atoms with Gasteiger partial charge in [-0.25, -0.2) is 18.1 Å². The number of aryl methyl sites for hydroxylation is 1. The van der Waals surface area contributed by atoms with Crippen molar-refractivity contribution in [3.05, 3.63) is 34.7 Å². The molecule has 27 heavy (non-hydrogen) atoms. The predicted octanol–water partition coefficient (Wildman–Crippen LogP) is 5.19. The fourth-order valence-corrected chi connectivity index (χ4v) is 4.63. The lowest BCUT2D eigenvalue weighted by molar-refractivity contribution is -0.132. The first-order valence-corrected chi connectivity index (χ1v) is 11.9. The Morgan fingerprint density at radius 2 is 1.93 bits per heavy atom. The molecule has 0 aliphatic carbocycles. The first-order valence-electron chi connectivity index (χ1n) is 8.32. The van der Waals surface area contributed by atoms with Gasteiger partial charge in [0.05, 0.1) is 22.0 Å². The van der Waals surface area contributed by atoms with E-state index in [2.05, 4.69) is 34.5 Å². The van der Waals surface area contributed by atoms with Gasteiger partial charge in [-0.1, -0.05) is 41.6 Å². The molecule has 2 aromatic rings. The van der Waals surface area contributed by atoms with Crippen LogP contribution in [-0.4, -0.2) is 30.0 Å². The summed E-state index contributed by atoms with van der Waals surface area (Å²) >= 11 is 3.96. The van der Waals surface area contributed by atoms with E-state index < -0.39 is 29.2 Å². The quantitative estimate of drug-likeness (QED) is 0.358. The molecular weight excluding hydrogens is 512 g/mol. The van der Waals surface area contributed by atoms with E-state index in [1.54, 1.807) is 23.5 Å². The Morgan fingerprint density at radius 1 is 1.26 bits per heavy atom. The summed E-state index contributed by atoms with van der Waals surface area (Å²) in [7, 11) is -3.97. The molecule has 1 aromatic heterocycles. The van der Waals surface area contributed by atoms with Crippen molar-refractivity contribution in [2.75, 3.05) is 6.54 Å². The smallest absolute Gasteiger partial charge is 0.241 e. The van der Waals surface area contributed by atoms with Crippen molar-refractivity contribution >= 4 is 44.0 Å². The number of halogens is 4. The highest BCUT2D eigenvalue weighted by Gasteiger charge is 2.27. The van der Waals surface area contributed by atoms with Crippen molar-refractivity contribution in [3.8, 4) is 11.3 Å². The summed E-state index contributed by atoms with van der Waals surface area (Å²) in [5.74, 6) is 0. The Labute approximate surface area is 174 Å². The Bertz CT molecular complexity index is 835. The number of aromatic nitrogens is 1. The van der Waals surface area contributed by atoms with Crippen molar-refractivity contribution in [1.82, 2.24) is 9.71 Å². The van der Waals surface area contributed by atoms with E-state index >= 15 is 0 Å². The van der Waals surface area contributed by atoms with Gasteiger partial charge in [-0.3, -0.25) is 0 Å². The first-order chi connectivity index (χ1) is 12.6. The molecule has 0 saturated heterocycles. The maximum absolute atomic E-state index is 12.2. The number of rotatable bonds is 9. The van der Waals surface area contributed by atoms with E-state index in [0.29, 0.717) is 3.92 Å². The molecule has 0 aliphatic heterocycles. The highest BCUT2D eigenvalue weighted by atomic mass is 127. The third kappa shape index (κ3) is 7.66. The van der Waals surface area contributed by atoms with Gasteiger partial charge in [0.1, 0.15) is 0 Å². The lowest BCUT2D eigenvalue weighted by Gasteiger charge is -2.09. The van der Waals surface area contributed by atoms with Gasteiger partial charge in [-0.05, 0) is 31.4 Å². The molecule has 0 fully saturated rings. The topological polar surface area (TPSA) is 59.1 Å². The molecule has 10 heteroatoms. The third-order valence-electron chi connectivity index (χ3n) is 3.71. The minimum absolute atomic E-state index is 0.0695. The summed E-state index contributed by atoms with van der Waals surface area (Å²) < 4.78 is 63.1. The Kier molecular flexibility index (Phi) is 8.07. The summed E-state index contributed by atoms with van der Waals surface area (Å²) in [6, 6.07) is 5.98. The summed E-state index contributed by atoms with van der Waals surface area (Å²) in [5.41, 5.74) is 1.54. The van der Waals surface area contributed by atoms with Crippen LogP contribution in [0.2, 0.25) is 0 Å². The standard InChI is InChI=1S/C17H20F3IN2O2S2/c1-12(21)3-2-4-16-23-15(11-26-16)13-5-7-14(8-6-13)27(24,25)22-10-9-17(18,19)20/h5-8,11-12,22H,2-4,9-10H2,1H3. The average Bonchev–Trinajstić information content (AvgIpc) is 3.02. The SMILES string of the molecule is CC(I)CCCc1nc(-c2ccc(S(=O)(=O)NCCC(F)(F)F)cc2)cs1. The maximum Gasteiger partial charge on any atom is 0.390 e. The van der Waals surface area contributed by atoms with Crippen molar-refractivity contribution in [3.63, 3.8) is 0 Å². The molecule has 150 valence electrons. The molecule has 1 heterocycles. The summed E-state index contributed by atoms with van der Waals surface area (Å²) in [6.07, 6.45) is -2.50. The van der Waals surface area contributed by atoms with Crippen LogP contribution in [-0.2, 0) is 16.4 Å². The van der Waals surface area contributed by atoms with Crippen LogP contribution < -0.4 is 4.72 Å². The fraction of sp³-hybridized carbons (Fsp3) is 0.471. The van der Waals surface area contributed by atoms with Crippen LogP contribution in [0.5, 0.6) is 0 Å². The predicted molar refractivity (Wildman–Crippen MR) is 110 cm³/mol. The van der Waals surface area contributed by atoms with E-state index in [0.717, 1.165) is 35.5 Å². The van der Waals surface area contributed by atoms with Crippen molar-refractivity contribution < 1.29 is 21.6 Å². The normalized spacial score (nSPS) is 13.7. The average molecular weight is 532 g/mol. The van der Waals surface area contributed by atoms with Gasteiger partial charge in [-0.15, -0.1) is 11.3 Å². The van der Waals surface area contributed by atoms with Gasteiger partial charge in [0.15, 0.2) is 0 Å². The number of hydrogen-bond donors (Lipinski definition) is 1. The zero-order valence-corrected chi connectivity index (χ0v) is 18.4. The molecule has 2 rings (SSSR count). The highest BCUT2D eigenvalue weighted by Crippen LogP contribution is 2.25. The molecular formula is C17H20F3IN2O2S2. The number of nitrogens with one attached hydrogen (secondary N) is 1. The first kappa shape index (κ1) is 22.6. The molecule has 0 amide bonds. The Morgan fingerprint density at radius 3 is 2.52 bits per heavy atom. The third-order valence-corrected chi connectivity index (χ3v) is 6.71. The number of thiazole rings is 1. The van der Waals surface area contributed by atoms with Gasteiger partial charge in [0, 0.05) is 21.4 Å². The molecule has 4 nitrogen and oxygen atoms in total.